The minimum atomic E-state index is -4.70. The topological polar surface area (TPSA) is 181 Å². The number of hydrogen-bond acceptors (Lipinski definition) is 11. The van der Waals surface area contributed by atoms with E-state index in [1.165, 1.54) is 37.3 Å². The first-order chi connectivity index (χ1) is 18.9. The molecule has 0 spiro atoms. The molecule has 1 amide bonds. The van der Waals surface area contributed by atoms with E-state index in [9.17, 15) is 27.6 Å². The average Bonchev–Trinajstić information content (AvgIpc) is 3.55. The van der Waals surface area contributed by atoms with Gasteiger partial charge in [0, 0.05) is 25.0 Å². The summed E-state index contributed by atoms with van der Waals surface area (Å²) < 4.78 is 46.6. The Bertz CT molecular complexity index is 1860. The van der Waals surface area contributed by atoms with Crippen molar-refractivity contribution in [3.05, 3.63) is 69.5 Å². The molecule has 206 valence electrons. The number of fused-ring (bicyclic) bond motifs is 1. The number of carbonyl (C=O) groups excluding carboxylic acids is 1. The van der Waals surface area contributed by atoms with E-state index in [0.717, 1.165) is 21.5 Å². The second kappa shape index (κ2) is 9.79. The molecule has 1 atom stereocenters. The summed E-state index contributed by atoms with van der Waals surface area (Å²) in [5.74, 6) is -1.57. The molecule has 0 aliphatic rings. The molecule has 0 aromatic carbocycles. The van der Waals surface area contributed by atoms with Gasteiger partial charge in [0.25, 0.3) is 5.56 Å². The molecule has 15 nitrogen and oxygen atoms in total. The lowest BCUT2D eigenvalue weighted by Crippen LogP contribution is -2.40. The van der Waals surface area contributed by atoms with Gasteiger partial charge < -0.3 is 14.4 Å². The third kappa shape index (κ3) is 4.81. The molecule has 5 heterocycles. The van der Waals surface area contributed by atoms with Crippen LogP contribution in [0.3, 0.4) is 0 Å². The second-order valence-corrected chi connectivity index (χ2v) is 8.54. The maximum Gasteiger partial charge on any atom is 0.451 e. The second-order valence-electron chi connectivity index (χ2n) is 8.54. The molecule has 0 aliphatic heterocycles. The Kier molecular flexibility index (Phi) is 6.44. The fourth-order valence-corrected chi connectivity index (χ4v) is 3.79. The van der Waals surface area contributed by atoms with Crippen LogP contribution in [0.25, 0.3) is 22.4 Å². The van der Waals surface area contributed by atoms with Crippen LogP contribution in [0.5, 0.6) is 0 Å². The van der Waals surface area contributed by atoms with Gasteiger partial charge in [-0.15, -0.1) is 0 Å². The maximum absolute atomic E-state index is 13.3. The Labute approximate surface area is 220 Å². The monoisotopic (exact) mass is 557 g/mol. The van der Waals surface area contributed by atoms with Crippen LogP contribution in [-0.2, 0) is 24.6 Å². The largest absolute Gasteiger partial charge is 0.451 e. The zero-order chi connectivity index (χ0) is 28.8. The highest BCUT2D eigenvalue weighted by atomic mass is 19.4. The predicted octanol–water partition coefficient (Wildman–Crippen LogP) is 1.10. The van der Waals surface area contributed by atoms with Crippen molar-refractivity contribution in [1.82, 2.24) is 48.8 Å². The summed E-state index contributed by atoms with van der Waals surface area (Å²) >= 11 is 0. The lowest BCUT2D eigenvalue weighted by molar-refractivity contribution is -0.145. The van der Waals surface area contributed by atoms with Crippen molar-refractivity contribution in [3.63, 3.8) is 0 Å². The smallest absolute Gasteiger partial charge is 0.337 e. The van der Waals surface area contributed by atoms with Gasteiger partial charge in [-0.05, 0) is 13.8 Å². The van der Waals surface area contributed by atoms with Crippen molar-refractivity contribution in [1.29, 1.82) is 0 Å². The van der Waals surface area contributed by atoms with Gasteiger partial charge in [0.15, 0.2) is 22.8 Å². The summed E-state index contributed by atoms with van der Waals surface area (Å²) in [6.07, 6.45) is 0.928. The summed E-state index contributed by atoms with van der Waals surface area (Å²) in [7, 11) is 1.42. The molecule has 0 aliphatic carbocycles. The fraction of sp³-hybridized carbons (Fsp3) is 0.273. The minimum Gasteiger partial charge on any atom is -0.337 e. The fourth-order valence-electron chi connectivity index (χ4n) is 3.79. The number of alkyl halides is 3. The van der Waals surface area contributed by atoms with Crippen molar-refractivity contribution in [2.75, 3.05) is 5.32 Å². The maximum atomic E-state index is 13.3. The number of carbonyl (C=O) groups is 1. The molecule has 0 fully saturated rings. The summed E-state index contributed by atoms with van der Waals surface area (Å²) in [6, 6.07) is -1.02. The van der Waals surface area contributed by atoms with Crippen molar-refractivity contribution in [2.45, 2.75) is 32.6 Å². The molecule has 0 unspecified atom stereocenters. The van der Waals surface area contributed by atoms with Crippen LogP contribution in [0.2, 0.25) is 0 Å². The molecule has 1 N–H and O–H groups in total. The normalized spacial score (nSPS) is 12.6. The van der Waals surface area contributed by atoms with Gasteiger partial charge in [0.05, 0.1) is 24.4 Å². The Morgan fingerprint density at radius 3 is 2.48 bits per heavy atom. The van der Waals surface area contributed by atoms with Crippen molar-refractivity contribution >= 4 is 22.9 Å². The molecule has 18 heteroatoms. The van der Waals surface area contributed by atoms with Crippen LogP contribution in [-0.4, -0.2) is 54.7 Å². The van der Waals surface area contributed by atoms with Gasteiger partial charge >= 0.3 is 11.9 Å². The van der Waals surface area contributed by atoms with Crippen LogP contribution in [0.4, 0.5) is 19.0 Å². The molecule has 0 bridgehead atoms. The Morgan fingerprint density at radius 2 is 1.82 bits per heavy atom. The highest BCUT2D eigenvalue weighted by Crippen LogP contribution is 2.26. The molecule has 0 saturated carbocycles. The van der Waals surface area contributed by atoms with Crippen LogP contribution >= 0.6 is 0 Å². The van der Waals surface area contributed by atoms with Crippen molar-refractivity contribution < 1.29 is 22.5 Å². The Hall–Kier alpha value is -5.29. The predicted molar refractivity (Wildman–Crippen MR) is 129 cm³/mol. The number of amides is 1. The van der Waals surface area contributed by atoms with Crippen molar-refractivity contribution in [2.24, 2.45) is 7.05 Å². The Balaban J connectivity index is 1.43. The zero-order valence-corrected chi connectivity index (χ0v) is 20.9. The van der Waals surface area contributed by atoms with E-state index in [-0.39, 0.29) is 40.7 Å². The highest BCUT2D eigenvalue weighted by Gasteiger charge is 2.34. The summed E-state index contributed by atoms with van der Waals surface area (Å²) in [6.45, 7) is 2.79. The van der Waals surface area contributed by atoms with Gasteiger partial charge in [-0.1, -0.05) is 5.16 Å². The van der Waals surface area contributed by atoms with Gasteiger partial charge in [-0.3, -0.25) is 19.1 Å². The van der Waals surface area contributed by atoms with E-state index in [4.69, 9.17) is 4.52 Å². The first-order valence-corrected chi connectivity index (χ1v) is 11.4. The quantitative estimate of drug-likeness (QED) is 0.316. The molecule has 5 rings (SSSR count). The number of nitrogens with one attached hydrogen (secondary N) is 1. The van der Waals surface area contributed by atoms with Crippen LogP contribution < -0.4 is 16.6 Å². The molecule has 5 aromatic heterocycles. The molecular weight excluding hydrogens is 539 g/mol. The van der Waals surface area contributed by atoms with E-state index in [2.05, 4.69) is 40.4 Å². The van der Waals surface area contributed by atoms with E-state index in [0.29, 0.717) is 5.82 Å². The number of nitrogens with zero attached hydrogens (tertiary/aromatic N) is 10. The lowest BCUT2D eigenvalue weighted by atomic mass is 10.2. The van der Waals surface area contributed by atoms with Gasteiger partial charge in [0.1, 0.15) is 12.6 Å². The number of aryl methyl sites for hydroxylation is 2. The number of aromatic nitrogens is 10. The van der Waals surface area contributed by atoms with Crippen LogP contribution in [0.15, 0.2) is 45.2 Å². The van der Waals surface area contributed by atoms with E-state index in [1.807, 2.05) is 0 Å². The molecular formula is C22H18F3N11O4. The summed E-state index contributed by atoms with van der Waals surface area (Å²) in [5.41, 5.74) is -1.12. The van der Waals surface area contributed by atoms with Crippen LogP contribution in [0, 0.1) is 6.92 Å². The Morgan fingerprint density at radius 1 is 1.10 bits per heavy atom. The van der Waals surface area contributed by atoms with E-state index in [1.54, 1.807) is 6.92 Å². The molecule has 5 aromatic rings. The average molecular weight is 557 g/mol. The minimum absolute atomic E-state index is 0.0183. The molecule has 0 saturated heterocycles. The third-order valence-corrected chi connectivity index (χ3v) is 5.80. The van der Waals surface area contributed by atoms with Gasteiger partial charge in [-0.2, -0.15) is 18.2 Å². The molecule has 40 heavy (non-hydrogen) atoms. The van der Waals surface area contributed by atoms with Gasteiger partial charge in [-0.25, -0.2) is 29.3 Å². The number of rotatable bonds is 6. The standard InChI is InChI=1S/C22H18F3N11O4/c1-10(18(37)32-14-7-26-6-13(31-14)12-4-27-20(28-5-12)22(23,24)25)36-9-29-17-16(36)19(38)35(21(39)34(17)3)8-15-30-11(2)33-40-15/h4-7,9-10H,8H2,1-3H3,(H,31,32,37)/t10-/m0/s1. The van der Waals surface area contributed by atoms with Crippen LogP contribution in [0.1, 0.15) is 30.5 Å². The number of halogens is 3. The highest BCUT2D eigenvalue weighted by molar-refractivity contribution is 5.93. The lowest BCUT2D eigenvalue weighted by Gasteiger charge is -2.15. The summed E-state index contributed by atoms with van der Waals surface area (Å²) in [4.78, 5) is 62.2. The number of hydrogen-bond donors (Lipinski definition) is 1. The zero-order valence-electron chi connectivity index (χ0n) is 20.9. The van der Waals surface area contributed by atoms with Crippen molar-refractivity contribution in [3.8, 4) is 11.3 Å². The van der Waals surface area contributed by atoms with E-state index >= 15 is 0 Å². The third-order valence-electron chi connectivity index (χ3n) is 5.80. The number of anilines is 1. The first kappa shape index (κ1) is 26.3. The summed E-state index contributed by atoms with van der Waals surface area (Å²) in [5, 5.41) is 6.20. The SMILES string of the molecule is Cc1noc(Cn2c(=O)c3c(ncn3[C@@H](C)C(=O)Nc3cncc(-c4cnc(C(F)(F)F)nc4)n3)n(C)c2=O)n1. The number of imidazole rings is 1. The molecule has 0 radical (unpaired) electrons. The first-order valence-electron chi connectivity index (χ1n) is 11.4. The van der Waals surface area contributed by atoms with E-state index < -0.39 is 35.2 Å². The van der Waals surface area contributed by atoms with Gasteiger partial charge in [0.2, 0.25) is 17.6 Å².